The van der Waals surface area contributed by atoms with Gasteiger partial charge in [-0.25, -0.2) is 0 Å². The van der Waals surface area contributed by atoms with E-state index in [2.05, 4.69) is 20.7 Å². The molecule has 21 heavy (non-hydrogen) atoms. The highest BCUT2D eigenvalue weighted by molar-refractivity contribution is 7.99. The van der Waals surface area contributed by atoms with Crippen molar-refractivity contribution in [3.05, 3.63) is 18.0 Å². The fourth-order valence-corrected chi connectivity index (χ4v) is 3.54. The van der Waals surface area contributed by atoms with Gasteiger partial charge in [0.15, 0.2) is 5.96 Å². The number of aliphatic imine (C=N–C) groups is 1. The second-order valence-corrected chi connectivity index (χ2v) is 6.58. The van der Waals surface area contributed by atoms with E-state index >= 15 is 0 Å². The zero-order valence-corrected chi connectivity index (χ0v) is 13.6. The summed E-state index contributed by atoms with van der Waals surface area (Å²) >= 11 is 2.04. The van der Waals surface area contributed by atoms with Crippen LogP contribution < -0.4 is 10.6 Å². The van der Waals surface area contributed by atoms with E-state index in [-0.39, 0.29) is 0 Å². The molecule has 6 nitrogen and oxygen atoms in total. The van der Waals surface area contributed by atoms with Crippen molar-refractivity contribution in [1.29, 1.82) is 0 Å². The number of aromatic nitrogens is 2. The van der Waals surface area contributed by atoms with Gasteiger partial charge in [-0.3, -0.25) is 9.67 Å². The Morgan fingerprint density at radius 3 is 2.90 bits per heavy atom. The lowest BCUT2D eigenvalue weighted by molar-refractivity contribution is 0.180. The van der Waals surface area contributed by atoms with Crippen molar-refractivity contribution in [2.24, 2.45) is 18.0 Å². The molecule has 0 radical (unpaired) electrons. The Bertz CT molecular complexity index is 456. The Kier molecular flexibility index (Phi) is 6.38. The van der Waals surface area contributed by atoms with Gasteiger partial charge < -0.3 is 15.7 Å². The van der Waals surface area contributed by atoms with Gasteiger partial charge >= 0.3 is 0 Å². The lowest BCUT2D eigenvalue weighted by Gasteiger charge is -2.23. The van der Waals surface area contributed by atoms with Crippen molar-refractivity contribution in [3.63, 3.8) is 0 Å². The molecule has 1 aliphatic rings. The van der Waals surface area contributed by atoms with Crippen molar-refractivity contribution >= 4 is 17.7 Å². The third-order valence-electron chi connectivity index (χ3n) is 3.70. The first-order valence-electron chi connectivity index (χ1n) is 7.38. The van der Waals surface area contributed by atoms with Crippen molar-refractivity contribution in [1.82, 2.24) is 20.4 Å². The average Bonchev–Trinajstić information content (AvgIpc) is 2.95. The Labute approximate surface area is 130 Å². The Balaban J connectivity index is 1.72. The smallest absolute Gasteiger partial charge is 0.191 e. The predicted molar refractivity (Wildman–Crippen MR) is 87.6 cm³/mol. The summed E-state index contributed by atoms with van der Waals surface area (Å²) in [6.45, 7) is 1.37. The second-order valence-electron chi connectivity index (χ2n) is 5.35. The van der Waals surface area contributed by atoms with Crippen LogP contribution >= 0.6 is 11.8 Å². The van der Waals surface area contributed by atoms with Gasteiger partial charge in [0.25, 0.3) is 0 Å². The molecule has 7 heteroatoms. The summed E-state index contributed by atoms with van der Waals surface area (Å²) in [5, 5.41) is 20.7. The number of thioether (sulfide) groups is 1. The molecule has 0 amide bonds. The molecule has 1 saturated heterocycles. The maximum absolute atomic E-state index is 10.1. The topological polar surface area (TPSA) is 74.5 Å². The van der Waals surface area contributed by atoms with Crippen molar-refractivity contribution in [3.8, 4) is 0 Å². The minimum atomic E-state index is -0.580. The molecule has 0 spiro atoms. The van der Waals surface area contributed by atoms with Crippen LogP contribution in [0.4, 0.5) is 0 Å². The van der Waals surface area contributed by atoms with Gasteiger partial charge in [-0.2, -0.15) is 16.9 Å². The average molecular weight is 311 g/mol. The fraction of sp³-hybridized carbons (Fsp3) is 0.714. The van der Waals surface area contributed by atoms with Crippen molar-refractivity contribution in [2.75, 3.05) is 31.6 Å². The molecule has 2 rings (SSSR count). The molecule has 3 N–H and O–H groups in total. The van der Waals surface area contributed by atoms with E-state index in [0.717, 1.165) is 24.0 Å². The highest BCUT2D eigenvalue weighted by atomic mass is 32.2. The molecule has 1 aromatic rings. The number of hydrogen-bond donors (Lipinski definition) is 3. The number of guanidine groups is 1. The number of nitrogens with one attached hydrogen (secondary N) is 2. The standard InChI is InChI=1S/C14H25N5OS/c1-15-14(16-7-11-3-5-21-6-4-11)17-9-13(20)12-8-18-19(2)10-12/h8,10-11,13,20H,3-7,9H2,1-2H3,(H2,15,16,17). The summed E-state index contributed by atoms with van der Waals surface area (Å²) in [6, 6.07) is 0. The molecule has 0 saturated carbocycles. The number of rotatable bonds is 5. The van der Waals surface area contributed by atoms with Crippen LogP contribution in [0.3, 0.4) is 0 Å². The van der Waals surface area contributed by atoms with Gasteiger partial charge in [-0.1, -0.05) is 0 Å². The highest BCUT2D eigenvalue weighted by Crippen LogP contribution is 2.21. The first-order chi connectivity index (χ1) is 10.2. The zero-order valence-electron chi connectivity index (χ0n) is 12.7. The summed E-state index contributed by atoms with van der Waals surface area (Å²) in [7, 11) is 3.59. The van der Waals surface area contributed by atoms with Gasteiger partial charge in [0.1, 0.15) is 0 Å². The normalized spacial score (nSPS) is 18.5. The second kappa shape index (κ2) is 8.29. The number of aryl methyl sites for hydroxylation is 1. The van der Waals surface area contributed by atoms with Crippen LogP contribution in [0.25, 0.3) is 0 Å². The van der Waals surface area contributed by atoms with E-state index < -0.39 is 6.10 Å². The molecule has 1 unspecified atom stereocenters. The van der Waals surface area contributed by atoms with Crippen LogP contribution in [0.1, 0.15) is 24.5 Å². The van der Waals surface area contributed by atoms with E-state index in [4.69, 9.17) is 0 Å². The fourth-order valence-electron chi connectivity index (χ4n) is 2.34. The van der Waals surface area contributed by atoms with Gasteiger partial charge in [-0.05, 0) is 30.3 Å². The molecule has 0 bridgehead atoms. The number of aliphatic hydroxyl groups excluding tert-OH is 1. The van der Waals surface area contributed by atoms with E-state index in [9.17, 15) is 5.11 Å². The maximum atomic E-state index is 10.1. The highest BCUT2D eigenvalue weighted by Gasteiger charge is 2.14. The maximum Gasteiger partial charge on any atom is 0.191 e. The van der Waals surface area contributed by atoms with Gasteiger partial charge in [-0.15, -0.1) is 0 Å². The molecule has 118 valence electrons. The molecule has 1 atom stereocenters. The number of hydrogen-bond acceptors (Lipinski definition) is 4. The number of aliphatic hydroxyl groups is 1. The summed E-state index contributed by atoms with van der Waals surface area (Å²) in [4.78, 5) is 4.20. The van der Waals surface area contributed by atoms with Gasteiger partial charge in [0.2, 0.25) is 0 Å². The van der Waals surface area contributed by atoms with Crippen LogP contribution in [-0.4, -0.2) is 52.5 Å². The summed E-state index contributed by atoms with van der Waals surface area (Å²) in [5.41, 5.74) is 0.810. The molecule has 2 heterocycles. The van der Waals surface area contributed by atoms with Gasteiger partial charge in [0.05, 0.1) is 12.3 Å². The van der Waals surface area contributed by atoms with Gasteiger partial charge in [0, 0.05) is 38.9 Å². The predicted octanol–water partition coefficient (Wildman–Crippen LogP) is 0.762. The third-order valence-corrected chi connectivity index (χ3v) is 4.74. The van der Waals surface area contributed by atoms with Crippen LogP contribution in [-0.2, 0) is 7.05 Å². The van der Waals surface area contributed by atoms with E-state index in [1.54, 1.807) is 17.9 Å². The van der Waals surface area contributed by atoms with E-state index in [1.165, 1.54) is 24.3 Å². The first kappa shape index (κ1) is 16.2. The monoisotopic (exact) mass is 311 g/mol. The van der Waals surface area contributed by atoms with Crippen molar-refractivity contribution < 1.29 is 5.11 Å². The summed E-state index contributed by atoms with van der Waals surface area (Å²) < 4.78 is 1.69. The SMILES string of the molecule is CN=C(NCC1CCSCC1)NCC(O)c1cnn(C)c1. The van der Waals surface area contributed by atoms with Crippen LogP contribution in [0, 0.1) is 5.92 Å². The van der Waals surface area contributed by atoms with Crippen LogP contribution in [0.2, 0.25) is 0 Å². The zero-order chi connectivity index (χ0) is 15.1. The molecule has 1 fully saturated rings. The lowest BCUT2D eigenvalue weighted by Crippen LogP contribution is -2.41. The first-order valence-corrected chi connectivity index (χ1v) is 8.53. The lowest BCUT2D eigenvalue weighted by atomic mass is 10.0. The van der Waals surface area contributed by atoms with Crippen LogP contribution in [0.5, 0.6) is 0 Å². The van der Waals surface area contributed by atoms with Crippen LogP contribution in [0.15, 0.2) is 17.4 Å². The summed E-state index contributed by atoms with van der Waals surface area (Å²) in [6.07, 6.45) is 5.47. The summed E-state index contributed by atoms with van der Waals surface area (Å²) in [5.74, 6) is 4.00. The molecular formula is C14H25N5OS. The van der Waals surface area contributed by atoms with Crippen molar-refractivity contribution in [2.45, 2.75) is 18.9 Å². The minimum Gasteiger partial charge on any atom is -0.386 e. The molecule has 0 aliphatic carbocycles. The Morgan fingerprint density at radius 1 is 1.52 bits per heavy atom. The van der Waals surface area contributed by atoms with E-state index in [1.807, 2.05) is 25.0 Å². The largest absolute Gasteiger partial charge is 0.386 e. The number of nitrogens with zero attached hydrogens (tertiary/aromatic N) is 3. The Morgan fingerprint density at radius 2 is 2.29 bits per heavy atom. The molecule has 1 aliphatic heterocycles. The molecule has 1 aromatic heterocycles. The molecule has 0 aromatic carbocycles. The van der Waals surface area contributed by atoms with E-state index in [0.29, 0.717) is 6.54 Å². The Hall–Kier alpha value is -1.21. The third kappa shape index (κ3) is 5.24. The quantitative estimate of drug-likeness (QED) is 0.553. The molecular weight excluding hydrogens is 286 g/mol. The minimum absolute atomic E-state index is 0.423.